The molecule has 0 aliphatic carbocycles. The lowest BCUT2D eigenvalue weighted by molar-refractivity contribution is 0.0669. The Kier molecular flexibility index (Phi) is 5.25. The quantitative estimate of drug-likeness (QED) is 0.913. The highest BCUT2D eigenvalue weighted by Crippen LogP contribution is 2.25. The molecule has 5 heteroatoms. The van der Waals surface area contributed by atoms with Gasteiger partial charge in [-0.05, 0) is 65.9 Å². The molecule has 104 valence electrons. The maximum Gasteiger partial charge on any atom is 0.253 e. The normalized spacial score (nSPS) is 19.5. The van der Waals surface area contributed by atoms with Crippen LogP contribution in [0.5, 0.6) is 0 Å². The minimum absolute atomic E-state index is 0.0825. The molecule has 0 radical (unpaired) electrons. The zero-order valence-electron chi connectivity index (χ0n) is 10.7. The molecule has 3 nitrogen and oxygen atoms in total. The summed E-state index contributed by atoms with van der Waals surface area (Å²) in [5.74, 6) is 0.623. The van der Waals surface area contributed by atoms with Crippen molar-refractivity contribution in [2.45, 2.75) is 19.3 Å². The molecular formula is C14H18BrClN2O. The number of hydrogen-bond acceptors (Lipinski definition) is 2. The van der Waals surface area contributed by atoms with E-state index in [1.54, 1.807) is 18.2 Å². The van der Waals surface area contributed by atoms with Crippen molar-refractivity contribution < 1.29 is 4.79 Å². The Morgan fingerprint density at radius 1 is 1.53 bits per heavy atom. The third kappa shape index (κ3) is 3.71. The van der Waals surface area contributed by atoms with Gasteiger partial charge in [0.1, 0.15) is 0 Å². The lowest BCUT2D eigenvalue weighted by Gasteiger charge is -2.32. The molecule has 0 spiro atoms. The number of amides is 1. The summed E-state index contributed by atoms with van der Waals surface area (Å²) in [5.41, 5.74) is 6.29. The third-order valence-corrected chi connectivity index (χ3v) is 4.76. The van der Waals surface area contributed by atoms with Gasteiger partial charge in [0.05, 0.1) is 5.02 Å². The highest BCUT2D eigenvalue weighted by molar-refractivity contribution is 9.10. The van der Waals surface area contributed by atoms with E-state index in [0.717, 1.165) is 30.4 Å². The van der Waals surface area contributed by atoms with Crippen molar-refractivity contribution in [2.24, 2.45) is 11.7 Å². The fraction of sp³-hybridized carbons (Fsp3) is 0.500. The van der Waals surface area contributed by atoms with Crippen LogP contribution in [0, 0.1) is 5.92 Å². The molecule has 1 aliphatic heterocycles. The van der Waals surface area contributed by atoms with Crippen molar-refractivity contribution in [3.8, 4) is 0 Å². The van der Waals surface area contributed by atoms with Crippen LogP contribution in [-0.2, 0) is 0 Å². The SMILES string of the molecule is NCCC1CCCN(C(=O)c2ccc(Cl)c(Br)c2)C1. The van der Waals surface area contributed by atoms with E-state index in [-0.39, 0.29) is 5.91 Å². The van der Waals surface area contributed by atoms with Gasteiger partial charge in [-0.25, -0.2) is 0 Å². The van der Waals surface area contributed by atoms with E-state index in [0.29, 0.717) is 23.0 Å². The first-order valence-electron chi connectivity index (χ1n) is 6.56. The van der Waals surface area contributed by atoms with Crippen LogP contribution in [0.4, 0.5) is 0 Å². The summed E-state index contributed by atoms with van der Waals surface area (Å²) in [5, 5.41) is 0.621. The molecule has 0 bridgehead atoms. The van der Waals surface area contributed by atoms with E-state index < -0.39 is 0 Å². The average molecular weight is 346 g/mol. The highest BCUT2D eigenvalue weighted by atomic mass is 79.9. The number of piperidine rings is 1. The van der Waals surface area contributed by atoms with Crippen LogP contribution >= 0.6 is 27.5 Å². The zero-order chi connectivity index (χ0) is 13.8. The van der Waals surface area contributed by atoms with Gasteiger partial charge in [-0.15, -0.1) is 0 Å². The molecule has 19 heavy (non-hydrogen) atoms. The largest absolute Gasteiger partial charge is 0.338 e. The fourth-order valence-electron chi connectivity index (χ4n) is 2.53. The first-order chi connectivity index (χ1) is 9.11. The number of benzene rings is 1. The van der Waals surface area contributed by atoms with Gasteiger partial charge in [-0.3, -0.25) is 4.79 Å². The molecular weight excluding hydrogens is 328 g/mol. The minimum Gasteiger partial charge on any atom is -0.338 e. The smallest absolute Gasteiger partial charge is 0.253 e. The summed E-state index contributed by atoms with van der Waals surface area (Å²) in [4.78, 5) is 14.4. The van der Waals surface area contributed by atoms with Crippen molar-refractivity contribution in [2.75, 3.05) is 19.6 Å². The van der Waals surface area contributed by atoms with Crippen LogP contribution in [0.1, 0.15) is 29.6 Å². The van der Waals surface area contributed by atoms with Crippen molar-refractivity contribution >= 4 is 33.4 Å². The second kappa shape index (κ2) is 6.73. The first kappa shape index (κ1) is 14.8. The Bertz CT molecular complexity index is 465. The van der Waals surface area contributed by atoms with Crippen LogP contribution in [-0.4, -0.2) is 30.4 Å². The van der Waals surface area contributed by atoms with Gasteiger partial charge < -0.3 is 10.6 Å². The Hall–Kier alpha value is -0.580. The highest BCUT2D eigenvalue weighted by Gasteiger charge is 2.24. The van der Waals surface area contributed by atoms with E-state index in [2.05, 4.69) is 15.9 Å². The van der Waals surface area contributed by atoms with Gasteiger partial charge in [0.15, 0.2) is 0 Å². The molecule has 0 aromatic heterocycles. The number of halogens is 2. The summed E-state index contributed by atoms with van der Waals surface area (Å²) in [7, 11) is 0. The molecule has 1 fully saturated rings. The van der Waals surface area contributed by atoms with Gasteiger partial charge in [-0.1, -0.05) is 11.6 Å². The standard InChI is InChI=1S/C14H18BrClN2O/c15-12-8-11(3-4-13(12)16)14(19)18-7-1-2-10(9-18)5-6-17/h3-4,8,10H,1-2,5-7,9,17H2. The van der Waals surface area contributed by atoms with Crippen molar-refractivity contribution in [3.63, 3.8) is 0 Å². The maximum atomic E-state index is 12.4. The van der Waals surface area contributed by atoms with E-state index >= 15 is 0 Å². The number of likely N-dealkylation sites (tertiary alicyclic amines) is 1. The van der Waals surface area contributed by atoms with Gasteiger partial charge in [0.25, 0.3) is 5.91 Å². The number of hydrogen-bond donors (Lipinski definition) is 1. The van der Waals surface area contributed by atoms with Crippen LogP contribution in [0.3, 0.4) is 0 Å². The van der Waals surface area contributed by atoms with Crippen LogP contribution < -0.4 is 5.73 Å². The molecule has 1 aromatic carbocycles. The van der Waals surface area contributed by atoms with E-state index in [4.69, 9.17) is 17.3 Å². The zero-order valence-corrected chi connectivity index (χ0v) is 13.1. The molecule has 1 amide bonds. The van der Waals surface area contributed by atoms with Crippen molar-refractivity contribution in [3.05, 3.63) is 33.3 Å². The van der Waals surface area contributed by atoms with Gasteiger partial charge >= 0.3 is 0 Å². The fourth-order valence-corrected chi connectivity index (χ4v) is 3.03. The Balaban J connectivity index is 2.08. The van der Waals surface area contributed by atoms with Gasteiger partial charge in [0.2, 0.25) is 0 Å². The summed E-state index contributed by atoms with van der Waals surface area (Å²) in [6, 6.07) is 5.32. The third-order valence-electron chi connectivity index (χ3n) is 3.55. The molecule has 1 aromatic rings. The van der Waals surface area contributed by atoms with Gasteiger partial charge in [0, 0.05) is 23.1 Å². The predicted octanol–water partition coefficient (Wildman–Crippen LogP) is 3.30. The Morgan fingerprint density at radius 3 is 3.00 bits per heavy atom. The van der Waals surface area contributed by atoms with Crippen molar-refractivity contribution in [1.82, 2.24) is 4.90 Å². The molecule has 2 rings (SSSR count). The predicted molar refractivity (Wildman–Crippen MR) is 81.5 cm³/mol. The minimum atomic E-state index is 0.0825. The van der Waals surface area contributed by atoms with Crippen LogP contribution in [0.15, 0.2) is 22.7 Å². The van der Waals surface area contributed by atoms with E-state index in [9.17, 15) is 4.79 Å². The summed E-state index contributed by atoms with van der Waals surface area (Å²) in [6.45, 7) is 2.34. The summed E-state index contributed by atoms with van der Waals surface area (Å²) >= 11 is 9.31. The molecule has 2 N–H and O–H groups in total. The van der Waals surface area contributed by atoms with Crippen molar-refractivity contribution in [1.29, 1.82) is 0 Å². The Labute approximate surface area is 127 Å². The summed E-state index contributed by atoms with van der Waals surface area (Å²) < 4.78 is 0.760. The number of rotatable bonds is 3. The molecule has 1 heterocycles. The molecule has 1 aliphatic rings. The lowest BCUT2D eigenvalue weighted by Crippen LogP contribution is -2.40. The summed E-state index contributed by atoms with van der Waals surface area (Å²) in [6.07, 6.45) is 3.23. The van der Waals surface area contributed by atoms with Gasteiger partial charge in [-0.2, -0.15) is 0 Å². The molecule has 1 unspecified atom stereocenters. The molecule has 1 saturated heterocycles. The second-order valence-corrected chi connectivity index (χ2v) is 6.23. The number of nitrogens with zero attached hydrogens (tertiary/aromatic N) is 1. The molecule has 0 saturated carbocycles. The van der Waals surface area contributed by atoms with Crippen LogP contribution in [0.2, 0.25) is 5.02 Å². The average Bonchev–Trinajstić information content (AvgIpc) is 2.42. The topological polar surface area (TPSA) is 46.3 Å². The van der Waals surface area contributed by atoms with Crippen LogP contribution in [0.25, 0.3) is 0 Å². The second-order valence-electron chi connectivity index (χ2n) is 4.97. The molecule has 1 atom stereocenters. The number of carbonyl (C=O) groups is 1. The monoisotopic (exact) mass is 344 g/mol. The van der Waals surface area contributed by atoms with E-state index in [1.165, 1.54) is 6.42 Å². The van der Waals surface area contributed by atoms with E-state index in [1.807, 2.05) is 4.90 Å². The number of nitrogens with two attached hydrogens (primary N) is 1. The maximum absolute atomic E-state index is 12.4. The lowest BCUT2D eigenvalue weighted by atomic mass is 9.94. The number of carbonyl (C=O) groups excluding carboxylic acids is 1. The Morgan fingerprint density at radius 2 is 2.32 bits per heavy atom. The first-order valence-corrected chi connectivity index (χ1v) is 7.73.